The Morgan fingerprint density at radius 2 is 1.73 bits per heavy atom. The second-order valence-corrected chi connectivity index (χ2v) is 9.67. The van der Waals surface area contributed by atoms with Crippen LogP contribution in [-0.2, 0) is 26.9 Å². The number of fused-ring (bicyclic) bond motifs is 2. The molecular weight excluding hydrogens is 398 g/mol. The second-order valence-electron chi connectivity index (χ2n) is 7.53. The van der Waals surface area contributed by atoms with Crippen LogP contribution in [0.25, 0.3) is 21.8 Å². The molecule has 0 saturated heterocycles. The minimum Gasteiger partial charge on any atom is -0.348 e. The van der Waals surface area contributed by atoms with Crippen molar-refractivity contribution in [2.24, 2.45) is 0 Å². The van der Waals surface area contributed by atoms with Gasteiger partial charge in [-0.2, -0.15) is 0 Å². The first-order valence-corrected chi connectivity index (χ1v) is 11.8. The van der Waals surface area contributed by atoms with Crippen molar-refractivity contribution < 1.29 is 13.2 Å². The summed E-state index contributed by atoms with van der Waals surface area (Å²) in [6, 6.07) is 21.2. The average Bonchev–Trinajstić information content (AvgIpc) is 3.02. The van der Waals surface area contributed by atoms with Gasteiger partial charge in [-0.15, -0.1) is 0 Å². The fourth-order valence-electron chi connectivity index (χ4n) is 3.78. The highest BCUT2D eigenvalue weighted by Gasteiger charge is 2.19. The van der Waals surface area contributed by atoms with Crippen LogP contribution in [0.2, 0.25) is 0 Å². The molecule has 1 atom stereocenters. The van der Waals surface area contributed by atoms with Gasteiger partial charge in [-0.3, -0.25) is 4.79 Å². The van der Waals surface area contributed by atoms with Gasteiger partial charge in [-0.25, -0.2) is 13.4 Å². The number of carbonyl (C=O) groups is 1. The molecule has 0 aliphatic rings. The topological polar surface area (TPSA) is 81.1 Å². The van der Waals surface area contributed by atoms with Gasteiger partial charge in [0, 0.05) is 6.26 Å². The van der Waals surface area contributed by atoms with Crippen LogP contribution >= 0.6 is 0 Å². The molecule has 0 aliphatic carbocycles. The van der Waals surface area contributed by atoms with Crippen molar-refractivity contribution in [1.82, 2.24) is 14.9 Å². The Kier molecular flexibility index (Phi) is 5.30. The maximum Gasteiger partial charge on any atom is 0.240 e. The fraction of sp³-hybridized carbons (Fsp3) is 0.217. The molecule has 0 radical (unpaired) electrons. The van der Waals surface area contributed by atoms with E-state index in [0.29, 0.717) is 11.3 Å². The van der Waals surface area contributed by atoms with Crippen LogP contribution < -0.4 is 5.32 Å². The molecule has 0 saturated carbocycles. The first-order valence-electron chi connectivity index (χ1n) is 9.71. The largest absolute Gasteiger partial charge is 0.348 e. The zero-order chi connectivity index (χ0) is 21.3. The van der Waals surface area contributed by atoms with E-state index in [1.165, 1.54) is 6.26 Å². The van der Waals surface area contributed by atoms with Gasteiger partial charge in [0.15, 0.2) is 9.84 Å². The summed E-state index contributed by atoms with van der Waals surface area (Å²) in [4.78, 5) is 17.3. The molecule has 1 heterocycles. The predicted octanol–water partition coefficient (Wildman–Crippen LogP) is 3.61. The second kappa shape index (κ2) is 7.91. The predicted molar refractivity (Wildman–Crippen MR) is 119 cm³/mol. The van der Waals surface area contributed by atoms with Crippen molar-refractivity contribution in [3.63, 3.8) is 0 Å². The van der Waals surface area contributed by atoms with Crippen molar-refractivity contribution >= 4 is 37.6 Å². The maximum absolute atomic E-state index is 12.9. The molecule has 0 aliphatic heterocycles. The van der Waals surface area contributed by atoms with Gasteiger partial charge in [0.25, 0.3) is 0 Å². The van der Waals surface area contributed by atoms with Gasteiger partial charge in [-0.1, -0.05) is 54.6 Å². The van der Waals surface area contributed by atoms with Crippen LogP contribution in [0.1, 0.15) is 24.4 Å². The van der Waals surface area contributed by atoms with Crippen molar-refractivity contribution in [3.05, 3.63) is 78.1 Å². The van der Waals surface area contributed by atoms with Crippen molar-refractivity contribution in [3.8, 4) is 0 Å². The Bertz CT molecular complexity index is 1340. The Morgan fingerprint density at radius 3 is 2.53 bits per heavy atom. The monoisotopic (exact) mass is 421 g/mol. The number of rotatable bonds is 6. The van der Waals surface area contributed by atoms with Gasteiger partial charge in [0.1, 0.15) is 18.1 Å². The third-order valence-electron chi connectivity index (χ3n) is 5.09. The Balaban J connectivity index is 1.61. The summed E-state index contributed by atoms with van der Waals surface area (Å²) in [6.45, 7) is 1.95. The molecule has 1 aromatic heterocycles. The third kappa shape index (κ3) is 4.21. The molecule has 4 rings (SSSR count). The van der Waals surface area contributed by atoms with E-state index in [-0.39, 0.29) is 24.2 Å². The van der Waals surface area contributed by atoms with Gasteiger partial charge in [0.05, 0.1) is 17.1 Å². The lowest BCUT2D eigenvalue weighted by Gasteiger charge is -2.17. The SMILES string of the molecule is C[C@@H](NC(=O)Cn1c(CS(C)(=O)=O)nc2ccccc21)c1cccc2ccccc12. The lowest BCUT2D eigenvalue weighted by Crippen LogP contribution is -2.31. The number of sulfone groups is 1. The quantitative estimate of drug-likeness (QED) is 0.516. The van der Waals surface area contributed by atoms with Gasteiger partial charge < -0.3 is 9.88 Å². The molecule has 0 spiro atoms. The molecule has 6 nitrogen and oxygen atoms in total. The number of imidazole rings is 1. The molecule has 30 heavy (non-hydrogen) atoms. The van der Waals surface area contributed by atoms with Crippen LogP contribution in [0.5, 0.6) is 0 Å². The molecule has 1 N–H and O–H groups in total. The summed E-state index contributed by atoms with van der Waals surface area (Å²) in [5.41, 5.74) is 2.45. The number of aromatic nitrogens is 2. The van der Waals surface area contributed by atoms with Crippen LogP contribution in [0.3, 0.4) is 0 Å². The number of benzene rings is 3. The molecule has 0 fully saturated rings. The minimum atomic E-state index is -3.29. The Hall–Kier alpha value is -3.19. The summed E-state index contributed by atoms with van der Waals surface area (Å²) in [7, 11) is -3.29. The lowest BCUT2D eigenvalue weighted by molar-refractivity contribution is -0.122. The highest BCUT2D eigenvalue weighted by molar-refractivity contribution is 7.89. The first-order chi connectivity index (χ1) is 14.3. The van der Waals surface area contributed by atoms with E-state index in [0.717, 1.165) is 21.9 Å². The number of amides is 1. The number of hydrogen-bond acceptors (Lipinski definition) is 4. The van der Waals surface area contributed by atoms with E-state index in [1.54, 1.807) is 4.57 Å². The van der Waals surface area contributed by atoms with Gasteiger partial charge in [-0.05, 0) is 35.4 Å². The summed E-state index contributed by atoms with van der Waals surface area (Å²) in [5.74, 6) is -0.0478. The van der Waals surface area contributed by atoms with E-state index >= 15 is 0 Å². The Morgan fingerprint density at radius 1 is 1.03 bits per heavy atom. The van der Waals surface area contributed by atoms with Crippen LogP contribution in [-0.4, -0.2) is 30.1 Å². The first kappa shape index (κ1) is 20.1. The van der Waals surface area contributed by atoms with Crippen LogP contribution in [0.15, 0.2) is 66.7 Å². The minimum absolute atomic E-state index is 0.000469. The number of nitrogens with one attached hydrogen (secondary N) is 1. The molecule has 154 valence electrons. The highest BCUT2D eigenvalue weighted by atomic mass is 32.2. The molecule has 4 aromatic rings. The lowest BCUT2D eigenvalue weighted by atomic mass is 10.00. The molecule has 0 unspecified atom stereocenters. The van der Waals surface area contributed by atoms with Gasteiger partial charge >= 0.3 is 0 Å². The standard InChI is InChI=1S/C23H23N3O3S/c1-16(18-11-7-9-17-8-3-4-10-19(17)18)24-23(27)14-26-21-13-6-5-12-20(21)25-22(26)15-30(2,28)29/h3-13,16H,14-15H2,1-2H3,(H,24,27)/t16-/m1/s1. The van der Waals surface area contributed by atoms with E-state index in [1.807, 2.05) is 73.7 Å². The van der Waals surface area contributed by atoms with Crippen LogP contribution in [0, 0.1) is 0 Å². The molecule has 3 aromatic carbocycles. The average molecular weight is 422 g/mol. The molecular formula is C23H23N3O3S. The Labute approximate surface area is 175 Å². The van der Waals surface area contributed by atoms with E-state index in [9.17, 15) is 13.2 Å². The fourth-order valence-corrected chi connectivity index (χ4v) is 4.47. The highest BCUT2D eigenvalue weighted by Crippen LogP contribution is 2.24. The molecule has 0 bridgehead atoms. The van der Waals surface area contributed by atoms with Gasteiger partial charge in [0.2, 0.25) is 5.91 Å². The summed E-state index contributed by atoms with van der Waals surface area (Å²) in [5, 5.41) is 5.26. The normalized spacial score (nSPS) is 12.9. The van der Waals surface area contributed by atoms with Crippen LogP contribution in [0.4, 0.5) is 0 Å². The maximum atomic E-state index is 12.9. The van der Waals surface area contributed by atoms with E-state index in [2.05, 4.69) is 10.3 Å². The number of carbonyl (C=O) groups excluding carboxylic acids is 1. The van der Waals surface area contributed by atoms with Crippen molar-refractivity contribution in [2.75, 3.05) is 6.26 Å². The molecule has 7 heteroatoms. The summed E-state index contributed by atoms with van der Waals surface area (Å²) >= 11 is 0. The van der Waals surface area contributed by atoms with Crippen molar-refractivity contribution in [2.45, 2.75) is 25.3 Å². The molecule has 1 amide bonds. The smallest absolute Gasteiger partial charge is 0.240 e. The zero-order valence-electron chi connectivity index (χ0n) is 16.9. The summed E-state index contributed by atoms with van der Waals surface area (Å²) < 4.78 is 25.4. The third-order valence-corrected chi connectivity index (χ3v) is 5.88. The number of nitrogens with zero attached hydrogens (tertiary/aromatic N) is 2. The van der Waals surface area contributed by atoms with E-state index in [4.69, 9.17) is 0 Å². The van der Waals surface area contributed by atoms with Crippen molar-refractivity contribution in [1.29, 1.82) is 0 Å². The number of hydrogen-bond donors (Lipinski definition) is 1. The number of para-hydroxylation sites is 2. The zero-order valence-corrected chi connectivity index (χ0v) is 17.7. The van der Waals surface area contributed by atoms with E-state index < -0.39 is 9.84 Å². The summed E-state index contributed by atoms with van der Waals surface area (Å²) in [6.07, 6.45) is 1.17.